The van der Waals surface area contributed by atoms with Crippen LogP contribution in [0.3, 0.4) is 0 Å². The SMILES string of the molecule is Cc1cc(NC(=O)[C@H](C)Cn2nc(C)c([N+](=O)[O-])c2C)no1. The molecule has 22 heavy (non-hydrogen) atoms. The molecule has 0 saturated heterocycles. The fourth-order valence-corrected chi connectivity index (χ4v) is 2.15. The van der Waals surface area contributed by atoms with Gasteiger partial charge in [-0.2, -0.15) is 5.10 Å². The molecule has 2 aromatic rings. The molecular formula is C13H17N5O4. The molecule has 0 radical (unpaired) electrons. The fraction of sp³-hybridized carbons (Fsp3) is 0.462. The Kier molecular flexibility index (Phi) is 4.25. The highest BCUT2D eigenvalue weighted by atomic mass is 16.6. The number of nitrogens with zero attached hydrogens (tertiary/aromatic N) is 4. The predicted octanol–water partition coefficient (Wildman–Crippen LogP) is 1.98. The first kappa shape index (κ1) is 15.7. The number of aryl methyl sites for hydroxylation is 2. The third-order valence-electron chi connectivity index (χ3n) is 3.30. The van der Waals surface area contributed by atoms with Gasteiger partial charge in [0.15, 0.2) is 5.82 Å². The predicted molar refractivity (Wildman–Crippen MR) is 77.4 cm³/mol. The van der Waals surface area contributed by atoms with E-state index in [0.717, 1.165) is 0 Å². The molecule has 2 rings (SSSR count). The van der Waals surface area contributed by atoms with Gasteiger partial charge in [0, 0.05) is 6.07 Å². The van der Waals surface area contributed by atoms with Gasteiger partial charge in [0.25, 0.3) is 0 Å². The summed E-state index contributed by atoms with van der Waals surface area (Å²) in [6.07, 6.45) is 0. The molecular weight excluding hydrogens is 290 g/mol. The van der Waals surface area contributed by atoms with Gasteiger partial charge in [-0.1, -0.05) is 12.1 Å². The Morgan fingerprint density at radius 1 is 1.50 bits per heavy atom. The minimum absolute atomic E-state index is 0.0141. The Morgan fingerprint density at radius 2 is 2.18 bits per heavy atom. The molecule has 1 atom stereocenters. The van der Waals surface area contributed by atoms with Crippen molar-refractivity contribution in [3.05, 3.63) is 33.3 Å². The molecule has 1 N–H and O–H groups in total. The van der Waals surface area contributed by atoms with Crippen LogP contribution >= 0.6 is 0 Å². The van der Waals surface area contributed by atoms with Gasteiger partial charge in [-0.3, -0.25) is 19.6 Å². The summed E-state index contributed by atoms with van der Waals surface area (Å²) in [6.45, 7) is 6.86. The summed E-state index contributed by atoms with van der Waals surface area (Å²) in [4.78, 5) is 22.6. The van der Waals surface area contributed by atoms with E-state index < -0.39 is 10.8 Å². The molecule has 2 aromatic heterocycles. The lowest BCUT2D eigenvalue weighted by Crippen LogP contribution is -2.25. The van der Waals surface area contributed by atoms with Gasteiger partial charge in [-0.15, -0.1) is 0 Å². The van der Waals surface area contributed by atoms with Crippen molar-refractivity contribution in [3.8, 4) is 0 Å². The lowest BCUT2D eigenvalue weighted by Gasteiger charge is -2.11. The second-order valence-electron chi connectivity index (χ2n) is 5.17. The summed E-state index contributed by atoms with van der Waals surface area (Å²) in [7, 11) is 0. The van der Waals surface area contributed by atoms with E-state index in [1.54, 1.807) is 33.8 Å². The first-order chi connectivity index (χ1) is 10.3. The molecule has 0 fully saturated rings. The molecule has 0 bridgehead atoms. The Labute approximate surface area is 126 Å². The van der Waals surface area contributed by atoms with Crippen molar-refractivity contribution in [1.82, 2.24) is 14.9 Å². The molecule has 0 spiro atoms. The van der Waals surface area contributed by atoms with Gasteiger partial charge in [-0.25, -0.2) is 0 Å². The maximum Gasteiger partial charge on any atom is 0.312 e. The van der Waals surface area contributed by atoms with Crippen LogP contribution in [0.5, 0.6) is 0 Å². The summed E-state index contributed by atoms with van der Waals surface area (Å²) < 4.78 is 6.35. The van der Waals surface area contributed by atoms with Crippen LogP contribution in [0.1, 0.15) is 24.1 Å². The number of hydrogen-bond donors (Lipinski definition) is 1. The normalized spacial score (nSPS) is 12.2. The molecule has 0 saturated carbocycles. The molecule has 9 heteroatoms. The first-order valence-corrected chi connectivity index (χ1v) is 6.72. The summed E-state index contributed by atoms with van der Waals surface area (Å²) in [6, 6.07) is 1.61. The minimum Gasteiger partial charge on any atom is -0.360 e. The van der Waals surface area contributed by atoms with Crippen molar-refractivity contribution < 1.29 is 14.2 Å². The first-order valence-electron chi connectivity index (χ1n) is 6.72. The molecule has 0 aromatic carbocycles. The number of aromatic nitrogens is 3. The van der Waals surface area contributed by atoms with Crippen LogP contribution in [0.25, 0.3) is 0 Å². The van der Waals surface area contributed by atoms with Crippen molar-refractivity contribution in [2.45, 2.75) is 34.2 Å². The number of nitro groups is 1. The zero-order valence-corrected chi connectivity index (χ0v) is 12.8. The van der Waals surface area contributed by atoms with E-state index in [1.807, 2.05) is 0 Å². The highest BCUT2D eigenvalue weighted by Crippen LogP contribution is 2.22. The zero-order valence-electron chi connectivity index (χ0n) is 12.8. The fourth-order valence-electron chi connectivity index (χ4n) is 2.15. The molecule has 0 unspecified atom stereocenters. The van der Waals surface area contributed by atoms with Crippen LogP contribution in [0, 0.1) is 36.8 Å². The standard InChI is InChI=1S/C13H17N5O4/c1-7(13(19)14-11-5-8(2)22-16-11)6-17-10(4)12(18(20)21)9(3)15-17/h5,7H,6H2,1-4H3,(H,14,16,19)/t7-/m1/s1. The lowest BCUT2D eigenvalue weighted by atomic mass is 10.1. The van der Waals surface area contributed by atoms with E-state index in [2.05, 4.69) is 15.6 Å². The van der Waals surface area contributed by atoms with Crippen molar-refractivity contribution in [1.29, 1.82) is 0 Å². The summed E-state index contributed by atoms with van der Waals surface area (Å²) in [5, 5.41) is 21.4. The summed E-state index contributed by atoms with van der Waals surface area (Å²) in [5.74, 6) is 0.240. The van der Waals surface area contributed by atoms with Crippen LogP contribution in [-0.2, 0) is 11.3 Å². The Hall–Kier alpha value is -2.71. The second kappa shape index (κ2) is 5.96. The quantitative estimate of drug-likeness (QED) is 0.667. The highest BCUT2D eigenvalue weighted by Gasteiger charge is 2.24. The van der Waals surface area contributed by atoms with Gasteiger partial charge in [0.2, 0.25) is 5.91 Å². The number of carbonyl (C=O) groups excluding carboxylic acids is 1. The maximum atomic E-state index is 12.1. The molecule has 1 amide bonds. The van der Waals surface area contributed by atoms with Crippen LogP contribution < -0.4 is 5.32 Å². The Morgan fingerprint density at radius 3 is 2.68 bits per heavy atom. The molecule has 0 aliphatic rings. The monoisotopic (exact) mass is 307 g/mol. The van der Waals surface area contributed by atoms with Crippen molar-refractivity contribution >= 4 is 17.4 Å². The molecule has 2 heterocycles. The Bertz CT molecular complexity index is 718. The van der Waals surface area contributed by atoms with Gasteiger partial charge >= 0.3 is 5.69 Å². The van der Waals surface area contributed by atoms with Crippen LogP contribution in [0.2, 0.25) is 0 Å². The van der Waals surface area contributed by atoms with Crippen molar-refractivity contribution in [3.63, 3.8) is 0 Å². The number of nitrogens with one attached hydrogen (secondary N) is 1. The summed E-state index contributed by atoms with van der Waals surface area (Å²) in [5.41, 5.74) is 0.751. The number of anilines is 1. The third-order valence-corrected chi connectivity index (χ3v) is 3.30. The van der Waals surface area contributed by atoms with E-state index in [9.17, 15) is 14.9 Å². The van der Waals surface area contributed by atoms with Gasteiger partial charge in [0.1, 0.15) is 17.1 Å². The molecule has 118 valence electrons. The van der Waals surface area contributed by atoms with E-state index >= 15 is 0 Å². The average Bonchev–Trinajstić information content (AvgIpc) is 2.93. The number of hydrogen-bond acceptors (Lipinski definition) is 6. The average molecular weight is 307 g/mol. The van der Waals surface area contributed by atoms with E-state index in [0.29, 0.717) is 23.0 Å². The van der Waals surface area contributed by atoms with Crippen LogP contribution in [-0.4, -0.2) is 25.8 Å². The topological polar surface area (TPSA) is 116 Å². The van der Waals surface area contributed by atoms with Gasteiger partial charge in [-0.05, 0) is 20.8 Å². The van der Waals surface area contributed by atoms with Crippen molar-refractivity contribution in [2.75, 3.05) is 5.32 Å². The van der Waals surface area contributed by atoms with Crippen LogP contribution in [0.15, 0.2) is 10.6 Å². The highest BCUT2D eigenvalue weighted by molar-refractivity contribution is 5.91. The lowest BCUT2D eigenvalue weighted by molar-refractivity contribution is -0.386. The van der Waals surface area contributed by atoms with Crippen LogP contribution in [0.4, 0.5) is 11.5 Å². The Balaban J connectivity index is 2.08. The van der Waals surface area contributed by atoms with E-state index in [4.69, 9.17) is 4.52 Å². The number of carbonyl (C=O) groups is 1. The summed E-state index contributed by atoms with van der Waals surface area (Å²) >= 11 is 0. The molecule has 0 aliphatic heterocycles. The molecule has 0 aliphatic carbocycles. The van der Waals surface area contributed by atoms with E-state index in [-0.39, 0.29) is 18.1 Å². The number of amides is 1. The van der Waals surface area contributed by atoms with Crippen molar-refractivity contribution in [2.24, 2.45) is 5.92 Å². The van der Waals surface area contributed by atoms with Gasteiger partial charge < -0.3 is 9.84 Å². The zero-order chi connectivity index (χ0) is 16.4. The van der Waals surface area contributed by atoms with Gasteiger partial charge in [0.05, 0.1) is 17.4 Å². The smallest absolute Gasteiger partial charge is 0.312 e. The largest absolute Gasteiger partial charge is 0.360 e. The van der Waals surface area contributed by atoms with E-state index in [1.165, 1.54) is 4.68 Å². The third kappa shape index (κ3) is 3.13. The number of rotatable bonds is 5. The maximum absolute atomic E-state index is 12.1. The molecule has 9 nitrogen and oxygen atoms in total. The minimum atomic E-state index is -0.461. The second-order valence-corrected chi connectivity index (χ2v) is 5.17.